The lowest BCUT2D eigenvalue weighted by molar-refractivity contribution is 0.282. The minimum atomic E-state index is 0.321. The van der Waals surface area contributed by atoms with Gasteiger partial charge in [-0.2, -0.15) is 0 Å². The predicted molar refractivity (Wildman–Crippen MR) is 52.8 cm³/mol. The lowest BCUT2D eigenvalue weighted by Crippen LogP contribution is -1.84. The molecule has 0 atom stereocenters. The van der Waals surface area contributed by atoms with E-state index in [4.69, 9.17) is 9.66 Å². The first kappa shape index (κ1) is 11.6. The summed E-state index contributed by atoms with van der Waals surface area (Å²) in [4.78, 5) is 0. The first-order chi connectivity index (χ1) is 5.41. The Morgan fingerprint density at radius 3 is 2.18 bits per heavy atom. The molecule has 0 rings (SSSR count). The van der Waals surface area contributed by atoms with Gasteiger partial charge in [0.05, 0.1) is 11.1 Å². The molecule has 0 spiro atoms. The average molecular weight is 196 g/mol. The Balaban J connectivity index is 2.69. The van der Waals surface area contributed by atoms with Crippen molar-refractivity contribution >= 4 is 21.9 Å². The zero-order valence-electron chi connectivity index (χ0n) is 6.66. The summed E-state index contributed by atoms with van der Waals surface area (Å²) in [6.45, 7) is 0.321. The highest BCUT2D eigenvalue weighted by atomic mass is 33.1. The van der Waals surface area contributed by atoms with E-state index < -0.39 is 0 Å². The Morgan fingerprint density at radius 2 is 1.55 bits per heavy atom. The van der Waals surface area contributed by atoms with E-state index in [0.717, 1.165) is 29.7 Å². The fourth-order valence-electron chi connectivity index (χ4n) is 0.840. The molecule has 4 heteroatoms. The molecule has 0 saturated heterocycles. The van der Waals surface area contributed by atoms with E-state index >= 15 is 0 Å². The molecule has 68 valence electrons. The van der Waals surface area contributed by atoms with Gasteiger partial charge in [0, 0.05) is 12.4 Å². The number of aliphatic hydroxyl groups is 1. The standard InChI is InChI=1S/C7H16O2S2/c8-6-4-2-1-3-5-7-10-11-9/h8-9H,1-7H2. The quantitative estimate of drug-likeness (QED) is 0.356. The normalized spacial score (nSPS) is 10.4. The minimum absolute atomic E-state index is 0.321. The maximum Gasteiger partial charge on any atom is 0.0593 e. The van der Waals surface area contributed by atoms with Crippen molar-refractivity contribution in [3.8, 4) is 0 Å². The maximum atomic E-state index is 8.47. The zero-order chi connectivity index (χ0) is 8.36. The molecule has 0 aromatic carbocycles. The summed E-state index contributed by atoms with van der Waals surface area (Å²) in [6, 6.07) is 0. The number of hydrogen-bond acceptors (Lipinski definition) is 4. The molecule has 11 heavy (non-hydrogen) atoms. The molecule has 0 aliphatic heterocycles. The average Bonchev–Trinajstić information content (AvgIpc) is 2.03. The molecule has 0 radical (unpaired) electrons. The smallest absolute Gasteiger partial charge is 0.0593 e. The zero-order valence-corrected chi connectivity index (χ0v) is 8.29. The molecular formula is C7H16O2S2. The van der Waals surface area contributed by atoms with Gasteiger partial charge in [-0.15, -0.1) is 0 Å². The third kappa shape index (κ3) is 10.6. The van der Waals surface area contributed by atoms with Gasteiger partial charge in [0.1, 0.15) is 0 Å². The van der Waals surface area contributed by atoms with Crippen molar-refractivity contribution in [2.24, 2.45) is 0 Å². The monoisotopic (exact) mass is 196 g/mol. The number of unbranched alkanes of at least 4 members (excludes halogenated alkanes) is 4. The highest BCUT2D eigenvalue weighted by Gasteiger charge is 1.90. The minimum Gasteiger partial charge on any atom is -0.396 e. The summed E-state index contributed by atoms with van der Waals surface area (Å²) < 4.78 is 8.35. The second-order valence-corrected chi connectivity index (χ2v) is 4.34. The van der Waals surface area contributed by atoms with Crippen LogP contribution in [0.2, 0.25) is 0 Å². The fraction of sp³-hybridized carbons (Fsp3) is 1.00. The van der Waals surface area contributed by atoms with Gasteiger partial charge < -0.3 is 9.66 Å². The molecule has 0 unspecified atom stereocenters. The van der Waals surface area contributed by atoms with Crippen LogP contribution in [-0.4, -0.2) is 22.0 Å². The van der Waals surface area contributed by atoms with E-state index in [0.29, 0.717) is 6.61 Å². The Kier molecular flexibility index (Phi) is 11.2. The van der Waals surface area contributed by atoms with Crippen LogP contribution >= 0.6 is 21.9 Å². The number of rotatable bonds is 8. The van der Waals surface area contributed by atoms with Crippen molar-refractivity contribution in [1.82, 2.24) is 0 Å². The van der Waals surface area contributed by atoms with Crippen molar-refractivity contribution in [2.75, 3.05) is 12.4 Å². The third-order valence-electron chi connectivity index (χ3n) is 1.44. The fourth-order valence-corrected chi connectivity index (χ4v) is 1.81. The van der Waals surface area contributed by atoms with Crippen LogP contribution in [0.25, 0.3) is 0 Å². The SMILES string of the molecule is OCCCCCCCSSO. The van der Waals surface area contributed by atoms with Gasteiger partial charge in [-0.3, -0.25) is 0 Å². The molecule has 0 aliphatic carbocycles. The first-order valence-electron chi connectivity index (χ1n) is 3.95. The van der Waals surface area contributed by atoms with Gasteiger partial charge in [-0.1, -0.05) is 30.1 Å². The molecule has 0 saturated carbocycles. The lowest BCUT2D eigenvalue weighted by atomic mass is 10.2. The molecule has 0 fully saturated rings. The molecule has 0 aromatic rings. The Labute approximate surface area is 76.4 Å². The van der Waals surface area contributed by atoms with Crippen LogP contribution in [0.15, 0.2) is 0 Å². The first-order valence-corrected chi connectivity index (χ1v) is 6.23. The van der Waals surface area contributed by atoms with Crippen molar-refractivity contribution < 1.29 is 9.66 Å². The number of aliphatic hydroxyl groups excluding tert-OH is 1. The van der Waals surface area contributed by atoms with E-state index in [2.05, 4.69) is 0 Å². The van der Waals surface area contributed by atoms with Gasteiger partial charge in [0.25, 0.3) is 0 Å². The van der Waals surface area contributed by atoms with Crippen LogP contribution in [0.3, 0.4) is 0 Å². The Bertz CT molecular complexity index is 63.5. The van der Waals surface area contributed by atoms with Gasteiger partial charge >= 0.3 is 0 Å². The summed E-state index contributed by atoms with van der Waals surface area (Å²) in [7, 11) is 1.49. The molecule has 0 aliphatic rings. The lowest BCUT2D eigenvalue weighted by Gasteiger charge is -1.97. The third-order valence-corrected chi connectivity index (χ3v) is 2.82. The van der Waals surface area contributed by atoms with Crippen molar-refractivity contribution in [2.45, 2.75) is 32.1 Å². The van der Waals surface area contributed by atoms with E-state index in [9.17, 15) is 0 Å². The van der Waals surface area contributed by atoms with Gasteiger partial charge in [-0.25, -0.2) is 0 Å². The topological polar surface area (TPSA) is 40.5 Å². The van der Waals surface area contributed by atoms with Crippen LogP contribution in [-0.2, 0) is 0 Å². The Morgan fingerprint density at radius 1 is 0.909 bits per heavy atom. The molecular weight excluding hydrogens is 180 g/mol. The van der Waals surface area contributed by atoms with Crippen LogP contribution in [0, 0.1) is 0 Å². The highest BCUT2D eigenvalue weighted by Crippen LogP contribution is 2.18. The van der Waals surface area contributed by atoms with Crippen LogP contribution < -0.4 is 0 Å². The molecule has 2 nitrogen and oxygen atoms in total. The second kappa shape index (κ2) is 10.6. The van der Waals surface area contributed by atoms with E-state index in [1.807, 2.05) is 0 Å². The summed E-state index contributed by atoms with van der Waals surface area (Å²) in [5, 5.41) is 8.47. The van der Waals surface area contributed by atoms with Crippen LogP contribution in [0.1, 0.15) is 32.1 Å². The van der Waals surface area contributed by atoms with Crippen molar-refractivity contribution in [1.29, 1.82) is 0 Å². The van der Waals surface area contributed by atoms with Crippen molar-refractivity contribution in [3.05, 3.63) is 0 Å². The molecule has 0 aromatic heterocycles. The van der Waals surface area contributed by atoms with Crippen LogP contribution in [0.5, 0.6) is 0 Å². The maximum absolute atomic E-state index is 8.47. The highest BCUT2D eigenvalue weighted by molar-refractivity contribution is 8.74. The van der Waals surface area contributed by atoms with Gasteiger partial charge in [0.15, 0.2) is 0 Å². The van der Waals surface area contributed by atoms with E-state index in [-0.39, 0.29) is 0 Å². The molecule has 0 amide bonds. The summed E-state index contributed by atoms with van der Waals surface area (Å²) >= 11 is 0.847. The summed E-state index contributed by atoms with van der Waals surface area (Å²) in [6.07, 6.45) is 5.66. The molecule has 0 bridgehead atoms. The largest absolute Gasteiger partial charge is 0.396 e. The molecule has 2 N–H and O–H groups in total. The summed E-state index contributed by atoms with van der Waals surface area (Å²) in [5.41, 5.74) is 0. The van der Waals surface area contributed by atoms with E-state index in [1.165, 1.54) is 30.1 Å². The molecule has 0 heterocycles. The summed E-state index contributed by atoms with van der Waals surface area (Å²) in [5.74, 6) is 1.03. The van der Waals surface area contributed by atoms with Gasteiger partial charge in [-0.05, 0) is 12.8 Å². The number of hydrogen-bond donors (Lipinski definition) is 2. The Hall–Kier alpha value is 0.620. The van der Waals surface area contributed by atoms with Crippen LogP contribution in [0.4, 0.5) is 0 Å². The van der Waals surface area contributed by atoms with Gasteiger partial charge in [0.2, 0.25) is 0 Å². The van der Waals surface area contributed by atoms with E-state index in [1.54, 1.807) is 0 Å². The predicted octanol–water partition coefficient (Wildman–Crippen LogP) is 2.78. The second-order valence-electron chi connectivity index (χ2n) is 2.39. The van der Waals surface area contributed by atoms with Crippen molar-refractivity contribution in [3.63, 3.8) is 0 Å².